The fourth-order valence-electron chi connectivity index (χ4n) is 3.91. The van der Waals surface area contributed by atoms with Gasteiger partial charge in [0.25, 0.3) is 11.8 Å². The van der Waals surface area contributed by atoms with E-state index in [1.807, 2.05) is 0 Å². The van der Waals surface area contributed by atoms with Gasteiger partial charge in [-0.2, -0.15) is 13.2 Å². The molecular weight excluding hydrogens is 503 g/mol. The van der Waals surface area contributed by atoms with Crippen molar-refractivity contribution >= 4 is 40.4 Å². The van der Waals surface area contributed by atoms with Crippen molar-refractivity contribution in [3.8, 4) is 5.75 Å². The number of carbonyl (C=O) groups excluding carboxylic acids is 2. The number of benzene rings is 2. The van der Waals surface area contributed by atoms with Gasteiger partial charge in [0.05, 0.1) is 34.0 Å². The van der Waals surface area contributed by atoms with Gasteiger partial charge in [0.2, 0.25) is 0 Å². The minimum absolute atomic E-state index is 0.00358. The van der Waals surface area contributed by atoms with Crippen LogP contribution in [-0.4, -0.2) is 41.9 Å². The molecule has 184 valence electrons. The first-order valence-electron chi connectivity index (χ1n) is 10.7. The molecule has 4 rings (SSSR count). The van der Waals surface area contributed by atoms with Crippen LogP contribution in [0.4, 0.5) is 18.9 Å². The minimum atomic E-state index is -4.60. The first-order chi connectivity index (χ1) is 16.7. The molecule has 0 saturated carbocycles. The summed E-state index contributed by atoms with van der Waals surface area (Å²) >= 11 is 7.48. The van der Waals surface area contributed by atoms with E-state index in [1.165, 1.54) is 41.5 Å². The van der Waals surface area contributed by atoms with Crippen LogP contribution in [0.5, 0.6) is 5.75 Å². The maximum Gasteiger partial charge on any atom is 0.417 e. The van der Waals surface area contributed by atoms with Crippen LogP contribution in [0.2, 0.25) is 5.02 Å². The van der Waals surface area contributed by atoms with Crippen LogP contribution in [0.15, 0.2) is 47.8 Å². The number of likely N-dealkylation sites (tertiary alicyclic amines) is 1. The molecule has 11 heteroatoms. The summed E-state index contributed by atoms with van der Waals surface area (Å²) in [4.78, 5) is 31.3. The summed E-state index contributed by atoms with van der Waals surface area (Å²) in [7, 11) is 1.51. The van der Waals surface area contributed by atoms with Gasteiger partial charge in [0.1, 0.15) is 11.4 Å². The number of hydrogen-bond acceptors (Lipinski definition) is 5. The van der Waals surface area contributed by atoms with Crippen molar-refractivity contribution in [1.82, 2.24) is 9.88 Å². The van der Waals surface area contributed by atoms with E-state index in [-0.39, 0.29) is 17.2 Å². The predicted octanol–water partition coefficient (Wildman–Crippen LogP) is 6.10. The molecule has 0 aliphatic carbocycles. The molecule has 1 N–H and O–H groups in total. The van der Waals surface area contributed by atoms with Gasteiger partial charge in [-0.05, 0) is 37.1 Å². The van der Waals surface area contributed by atoms with Crippen LogP contribution in [0, 0.1) is 0 Å². The van der Waals surface area contributed by atoms with Crippen LogP contribution in [-0.2, 0) is 6.18 Å². The van der Waals surface area contributed by atoms with Gasteiger partial charge in [0.15, 0.2) is 0 Å². The number of amides is 2. The summed E-state index contributed by atoms with van der Waals surface area (Å²) in [6, 6.07) is 9.72. The molecule has 1 aliphatic rings. The zero-order valence-electron chi connectivity index (χ0n) is 18.6. The molecule has 6 nitrogen and oxygen atoms in total. The largest absolute Gasteiger partial charge is 0.497 e. The molecule has 0 radical (unpaired) electrons. The summed E-state index contributed by atoms with van der Waals surface area (Å²) in [5, 5.41) is 5.48. The number of aromatic nitrogens is 1. The highest BCUT2D eigenvalue weighted by Crippen LogP contribution is 2.35. The number of thiazole rings is 1. The van der Waals surface area contributed by atoms with E-state index < -0.39 is 23.6 Å². The Kier molecular flexibility index (Phi) is 7.32. The molecule has 1 aromatic heterocycles. The molecule has 0 bridgehead atoms. The molecule has 1 saturated heterocycles. The quantitative estimate of drug-likeness (QED) is 0.439. The van der Waals surface area contributed by atoms with E-state index >= 15 is 0 Å². The number of nitrogens with zero attached hydrogens (tertiary/aromatic N) is 2. The third-order valence-corrected chi connectivity index (χ3v) is 7.11. The number of carbonyl (C=O) groups is 2. The Hall–Kier alpha value is -3.11. The third kappa shape index (κ3) is 5.59. The summed E-state index contributed by atoms with van der Waals surface area (Å²) in [6.07, 6.45) is -3.52. The summed E-state index contributed by atoms with van der Waals surface area (Å²) in [5.74, 6) is -0.503. The van der Waals surface area contributed by atoms with Crippen LogP contribution >= 0.6 is 22.9 Å². The lowest BCUT2D eigenvalue weighted by Crippen LogP contribution is -2.38. The number of rotatable bonds is 5. The smallest absolute Gasteiger partial charge is 0.417 e. The van der Waals surface area contributed by atoms with Gasteiger partial charge in [-0.15, -0.1) is 11.3 Å². The van der Waals surface area contributed by atoms with Crippen molar-refractivity contribution in [3.63, 3.8) is 0 Å². The molecule has 1 fully saturated rings. The summed E-state index contributed by atoms with van der Waals surface area (Å²) in [6.45, 7) is 0.604. The lowest BCUT2D eigenvalue weighted by atomic mass is 9.96. The van der Waals surface area contributed by atoms with E-state index in [1.54, 1.807) is 23.6 Å². The van der Waals surface area contributed by atoms with Gasteiger partial charge >= 0.3 is 6.18 Å². The SMILES string of the molecule is COc1ccc(Cl)c(NC(=O)c2csc(C3CCN(C(=O)c4ccccc4C(F)(F)F)CC3)n2)c1. The molecule has 0 atom stereocenters. The lowest BCUT2D eigenvalue weighted by molar-refractivity contribution is -0.138. The average molecular weight is 524 g/mol. The number of halogens is 4. The van der Waals surface area contributed by atoms with Gasteiger partial charge in [-0.3, -0.25) is 9.59 Å². The topological polar surface area (TPSA) is 71.5 Å². The van der Waals surface area contributed by atoms with E-state index in [2.05, 4.69) is 10.3 Å². The Morgan fingerprint density at radius 1 is 1.17 bits per heavy atom. The van der Waals surface area contributed by atoms with Crippen molar-refractivity contribution < 1.29 is 27.5 Å². The van der Waals surface area contributed by atoms with Crippen LogP contribution < -0.4 is 10.1 Å². The van der Waals surface area contributed by atoms with Crippen LogP contribution in [0.25, 0.3) is 0 Å². The predicted molar refractivity (Wildman–Crippen MR) is 127 cm³/mol. The molecule has 3 aromatic rings. The molecular formula is C24H21ClF3N3O3S. The van der Waals surface area contributed by atoms with E-state index in [0.717, 1.165) is 11.1 Å². The highest BCUT2D eigenvalue weighted by Gasteiger charge is 2.36. The molecule has 2 aromatic carbocycles. The van der Waals surface area contributed by atoms with Crippen molar-refractivity contribution in [2.75, 3.05) is 25.5 Å². The number of ether oxygens (including phenoxy) is 1. The fourth-order valence-corrected chi connectivity index (χ4v) is 5.05. The van der Waals surface area contributed by atoms with Crippen molar-refractivity contribution in [2.24, 2.45) is 0 Å². The molecule has 0 spiro atoms. The Balaban J connectivity index is 1.39. The number of methoxy groups -OCH3 is 1. The number of nitrogens with one attached hydrogen (secondary N) is 1. The molecule has 35 heavy (non-hydrogen) atoms. The van der Waals surface area contributed by atoms with Gasteiger partial charge in [0, 0.05) is 30.5 Å². The Morgan fingerprint density at radius 3 is 2.57 bits per heavy atom. The van der Waals surface area contributed by atoms with Crippen molar-refractivity contribution in [1.29, 1.82) is 0 Å². The second-order valence-electron chi connectivity index (χ2n) is 7.98. The standard InChI is InChI=1S/C24H21ClF3N3O3S/c1-34-15-6-7-18(25)19(12-15)29-21(32)20-13-35-22(30-20)14-8-10-31(11-9-14)23(33)16-4-2-3-5-17(16)24(26,27)28/h2-7,12-14H,8-11H2,1H3,(H,29,32). The summed E-state index contributed by atoms with van der Waals surface area (Å²) < 4.78 is 45.1. The second-order valence-corrected chi connectivity index (χ2v) is 9.28. The van der Waals surface area contributed by atoms with Crippen LogP contribution in [0.3, 0.4) is 0 Å². The zero-order chi connectivity index (χ0) is 25.2. The third-order valence-electron chi connectivity index (χ3n) is 5.77. The Morgan fingerprint density at radius 2 is 1.89 bits per heavy atom. The highest BCUT2D eigenvalue weighted by molar-refractivity contribution is 7.10. The minimum Gasteiger partial charge on any atom is -0.497 e. The molecule has 2 heterocycles. The van der Waals surface area contributed by atoms with E-state index in [9.17, 15) is 22.8 Å². The monoisotopic (exact) mass is 523 g/mol. The number of piperidine rings is 1. The fraction of sp³-hybridized carbons (Fsp3) is 0.292. The first kappa shape index (κ1) is 25.0. The van der Waals surface area contributed by atoms with E-state index in [0.29, 0.717) is 42.4 Å². The molecule has 1 aliphatic heterocycles. The Labute approximate surface area is 208 Å². The van der Waals surface area contributed by atoms with Crippen molar-refractivity contribution in [2.45, 2.75) is 24.9 Å². The first-order valence-corrected chi connectivity index (χ1v) is 12.0. The van der Waals surface area contributed by atoms with Crippen molar-refractivity contribution in [3.05, 3.63) is 74.7 Å². The van der Waals surface area contributed by atoms with Crippen LogP contribution in [0.1, 0.15) is 50.2 Å². The lowest BCUT2D eigenvalue weighted by Gasteiger charge is -2.31. The second kappa shape index (κ2) is 10.2. The zero-order valence-corrected chi connectivity index (χ0v) is 20.1. The normalized spacial score (nSPS) is 14.6. The van der Waals surface area contributed by atoms with Gasteiger partial charge in [-0.25, -0.2) is 4.98 Å². The Bertz CT molecular complexity index is 1240. The average Bonchev–Trinajstić information content (AvgIpc) is 3.35. The van der Waals surface area contributed by atoms with Gasteiger partial charge < -0.3 is 15.0 Å². The molecule has 2 amide bonds. The highest BCUT2D eigenvalue weighted by atomic mass is 35.5. The van der Waals surface area contributed by atoms with E-state index in [4.69, 9.17) is 16.3 Å². The number of anilines is 1. The molecule has 0 unspecified atom stereocenters. The number of hydrogen-bond donors (Lipinski definition) is 1. The van der Waals surface area contributed by atoms with Gasteiger partial charge in [-0.1, -0.05) is 23.7 Å². The maximum absolute atomic E-state index is 13.3. The maximum atomic E-state index is 13.3. The number of alkyl halides is 3. The summed E-state index contributed by atoms with van der Waals surface area (Å²) in [5.41, 5.74) is -0.639.